The summed E-state index contributed by atoms with van der Waals surface area (Å²) >= 11 is 0. The van der Waals surface area contributed by atoms with E-state index in [1.807, 2.05) is 61.7 Å². The van der Waals surface area contributed by atoms with Crippen LogP contribution in [0.2, 0.25) is 0 Å². The maximum atomic E-state index is 4.58. The lowest BCUT2D eigenvalue weighted by molar-refractivity contribution is 1.13. The van der Waals surface area contributed by atoms with Crippen LogP contribution in [-0.2, 0) is 0 Å². The molecule has 0 saturated carbocycles. The summed E-state index contributed by atoms with van der Waals surface area (Å²) in [5, 5.41) is 0. The van der Waals surface area contributed by atoms with Crippen molar-refractivity contribution >= 4 is 11.9 Å². The summed E-state index contributed by atoms with van der Waals surface area (Å²) < 4.78 is 0. The molecule has 27 heavy (non-hydrogen) atoms. The van der Waals surface area contributed by atoms with Gasteiger partial charge in [0.2, 0.25) is 0 Å². The Balaban J connectivity index is 0.000000208. The normalized spacial score (nSPS) is 12.7. The largest absolute Gasteiger partial charge is 0.293 e. The van der Waals surface area contributed by atoms with Crippen LogP contribution >= 0.6 is 0 Å². The van der Waals surface area contributed by atoms with Gasteiger partial charge in [-0.25, -0.2) is 0 Å². The van der Waals surface area contributed by atoms with Gasteiger partial charge >= 0.3 is 0 Å². The minimum Gasteiger partial charge on any atom is -0.293 e. The van der Waals surface area contributed by atoms with Crippen LogP contribution in [0.1, 0.15) is 31.4 Å². The van der Waals surface area contributed by atoms with E-state index in [-0.39, 0.29) is 0 Å². The van der Waals surface area contributed by atoms with Crippen molar-refractivity contribution < 1.29 is 0 Å². The molecule has 0 fully saturated rings. The first-order valence-electron chi connectivity index (χ1n) is 9.52. The molecule has 1 aliphatic carbocycles. The Morgan fingerprint density at radius 2 is 1.44 bits per heavy atom. The highest BCUT2D eigenvalue weighted by atomic mass is 14.7. The highest BCUT2D eigenvalue weighted by Gasteiger charge is 2.04. The molecule has 0 aromatic heterocycles. The van der Waals surface area contributed by atoms with E-state index in [0.717, 1.165) is 25.2 Å². The van der Waals surface area contributed by atoms with Gasteiger partial charge in [0.15, 0.2) is 0 Å². The summed E-state index contributed by atoms with van der Waals surface area (Å²) in [7, 11) is 0. The third-order valence-corrected chi connectivity index (χ3v) is 3.87. The molecular formula is C25H28N2. The molecule has 138 valence electrons. The summed E-state index contributed by atoms with van der Waals surface area (Å²) in [4.78, 5) is 8.76. The van der Waals surface area contributed by atoms with Crippen molar-refractivity contribution in [2.24, 2.45) is 9.98 Å². The number of nitrogens with zero attached hydrogens (tertiary/aromatic N) is 2. The quantitative estimate of drug-likeness (QED) is 0.581. The molecule has 0 amide bonds. The van der Waals surface area contributed by atoms with Crippen LogP contribution in [-0.4, -0.2) is 25.0 Å². The van der Waals surface area contributed by atoms with Crippen LogP contribution in [0.3, 0.4) is 0 Å². The zero-order valence-electron chi connectivity index (χ0n) is 16.3. The lowest BCUT2D eigenvalue weighted by Gasteiger charge is -2.06. The van der Waals surface area contributed by atoms with Crippen molar-refractivity contribution in [2.45, 2.75) is 20.3 Å². The van der Waals surface area contributed by atoms with Gasteiger partial charge < -0.3 is 0 Å². The minimum absolute atomic E-state index is 0.805. The van der Waals surface area contributed by atoms with Gasteiger partial charge in [-0.15, -0.1) is 0 Å². The molecule has 0 bridgehead atoms. The number of benzene rings is 2. The van der Waals surface area contributed by atoms with E-state index in [2.05, 4.69) is 59.4 Å². The standard InChI is InChI=1S/C15H15N.C10H13N/c1-2-16-15(13-9-5-3-6-10-13)14-11-7-4-8-12-14;1-2-11-9-10-7-5-3-4-6-8-10/h3-12H,2H2,1H3;3-7,9H,2,8H2,1H3. The summed E-state index contributed by atoms with van der Waals surface area (Å²) in [6.45, 7) is 5.77. The second-order valence-electron chi connectivity index (χ2n) is 5.94. The molecule has 0 aliphatic heterocycles. The lowest BCUT2D eigenvalue weighted by Crippen LogP contribution is -2.03. The SMILES string of the molecule is CCN=C(c1ccccc1)c1ccccc1.CCN=CC1=CC=CC=CC1. The molecule has 3 rings (SSSR count). The second-order valence-corrected chi connectivity index (χ2v) is 5.94. The highest BCUT2D eigenvalue weighted by Crippen LogP contribution is 2.10. The average Bonchev–Trinajstić information content (AvgIpc) is 3.01. The number of hydrogen-bond acceptors (Lipinski definition) is 2. The van der Waals surface area contributed by atoms with E-state index in [1.54, 1.807) is 0 Å². The Morgan fingerprint density at radius 1 is 0.815 bits per heavy atom. The van der Waals surface area contributed by atoms with Crippen molar-refractivity contribution in [1.82, 2.24) is 0 Å². The first kappa shape index (κ1) is 20.3. The van der Waals surface area contributed by atoms with E-state index in [0.29, 0.717) is 0 Å². The third kappa shape index (κ3) is 7.41. The van der Waals surface area contributed by atoms with Crippen molar-refractivity contribution in [3.63, 3.8) is 0 Å². The van der Waals surface area contributed by atoms with E-state index in [9.17, 15) is 0 Å². The van der Waals surface area contributed by atoms with Crippen LogP contribution in [0.5, 0.6) is 0 Å². The van der Waals surface area contributed by atoms with Gasteiger partial charge in [-0.2, -0.15) is 0 Å². The lowest BCUT2D eigenvalue weighted by atomic mass is 10.0. The van der Waals surface area contributed by atoms with Gasteiger partial charge in [-0.05, 0) is 25.8 Å². The Morgan fingerprint density at radius 3 is 2.00 bits per heavy atom. The van der Waals surface area contributed by atoms with E-state index < -0.39 is 0 Å². The summed E-state index contributed by atoms with van der Waals surface area (Å²) in [6.07, 6.45) is 13.3. The van der Waals surface area contributed by atoms with Gasteiger partial charge in [0.1, 0.15) is 0 Å². The zero-order chi connectivity index (χ0) is 19.2. The van der Waals surface area contributed by atoms with Crippen molar-refractivity contribution in [3.8, 4) is 0 Å². The Hall–Kier alpha value is -3.00. The van der Waals surface area contributed by atoms with Crippen LogP contribution in [0.15, 0.2) is 107 Å². The molecule has 0 N–H and O–H groups in total. The third-order valence-electron chi connectivity index (χ3n) is 3.87. The molecule has 2 heteroatoms. The summed E-state index contributed by atoms with van der Waals surface area (Å²) in [5.74, 6) is 0. The Kier molecular flexibility index (Phi) is 9.31. The van der Waals surface area contributed by atoms with Gasteiger partial charge in [-0.1, -0.05) is 91.0 Å². The molecule has 0 unspecified atom stereocenters. The topological polar surface area (TPSA) is 24.7 Å². The first-order valence-corrected chi connectivity index (χ1v) is 9.52. The van der Waals surface area contributed by atoms with Crippen LogP contribution in [0.25, 0.3) is 0 Å². The van der Waals surface area contributed by atoms with E-state index in [1.165, 1.54) is 16.7 Å². The van der Waals surface area contributed by atoms with Gasteiger partial charge in [0, 0.05) is 30.4 Å². The molecule has 0 spiro atoms. The molecule has 0 radical (unpaired) electrons. The van der Waals surface area contributed by atoms with Crippen molar-refractivity contribution in [3.05, 3.63) is 108 Å². The van der Waals surface area contributed by atoms with Crippen molar-refractivity contribution in [2.75, 3.05) is 13.1 Å². The molecule has 2 aromatic rings. The molecular weight excluding hydrogens is 328 g/mol. The smallest absolute Gasteiger partial charge is 0.0718 e. The first-order chi connectivity index (χ1) is 13.3. The Labute approximate surface area is 163 Å². The highest BCUT2D eigenvalue weighted by molar-refractivity contribution is 6.12. The van der Waals surface area contributed by atoms with Crippen LogP contribution in [0, 0.1) is 0 Å². The zero-order valence-corrected chi connectivity index (χ0v) is 16.3. The minimum atomic E-state index is 0.805. The summed E-state index contributed by atoms with van der Waals surface area (Å²) in [6, 6.07) is 20.6. The fourth-order valence-electron chi connectivity index (χ4n) is 2.60. The molecule has 0 heterocycles. The molecule has 2 aromatic carbocycles. The Bertz CT molecular complexity index is 768. The van der Waals surface area contributed by atoms with Crippen LogP contribution < -0.4 is 0 Å². The van der Waals surface area contributed by atoms with Crippen LogP contribution in [0.4, 0.5) is 0 Å². The monoisotopic (exact) mass is 356 g/mol. The number of rotatable bonds is 5. The molecule has 1 aliphatic rings. The maximum absolute atomic E-state index is 4.58. The van der Waals surface area contributed by atoms with Gasteiger partial charge in [0.05, 0.1) is 5.71 Å². The summed E-state index contributed by atoms with van der Waals surface area (Å²) in [5.41, 5.74) is 4.70. The predicted molar refractivity (Wildman–Crippen MR) is 119 cm³/mol. The maximum Gasteiger partial charge on any atom is 0.0718 e. The van der Waals surface area contributed by atoms with E-state index in [4.69, 9.17) is 0 Å². The number of aliphatic imine (C=N–C) groups is 2. The number of hydrogen-bond donors (Lipinski definition) is 0. The fourth-order valence-corrected chi connectivity index (χ4v) is 2.60. The predicted octanol–water partition coefficient (Wildman–Crippen LogP) is 6.06. The fraction of sp³-hybridized carbons (Fsp3) is 0.200. The number of allylic oxidation sites excluding steroid dienone is 6. The van der Waals surface area contributed by atoms with Gasteiger partial charge in [0.25, 0.3) is 0 Å². The second kappa shape index (κ2) is 12.4. The average molecular weight is 357 g/mol. The van der Waals surface area contributed by atoms with Gasteiger partial charge in [-0.3, -0.25) is 9.98 Å². The van der Waals surface area contributed by atoms with E-state index >= 15 is 0 Å². The molecule has 0 saturated heterocycles. The van der Waals surface area contributed by atoms with Crippen molar-refractivity contribution in [1.29, 1.82) is 0 Å². The molecule has 2 nitrogen and oxygen atoms in total. The molecule has 0 atom stereocenters.